The van der Waals surface area contributed by atoms with Crippen LogP contribution < -0.4 is 0 Å². The second-order valence-corrected chi connectivity index (χ2v) is 7.04. The van der Waals surface area contributed by atoms with Crippen LogP contribution in [0.2, 0.25) is 0 Å². The number of hydrogen-bond donors (Lipinski definition) is 0. The summed E-state index contributed by atoms with van der Waals surface area (Å²) in [6.45, 7) is 1.72. The van der Waals surface area contributed by atoms with Gasteiger partial charge in [0.1, 0.15) is 18.0 Å². The van der Waals surface area contributed by atoms with Gasteiger partial charge in [-0.25, -0.2) is 4.39 Å². The highest BCUT2D eigenvalue weighted by Crippen LogP contribution is 2.45. The van der Waals surface area contributed by atoms with Crippen molar-refractivity contribution in [3.05, 3.63) is 70.5 Å². The predicted octanol–water partition coefficient (Wildman–Crippen LogP) is 3.96. The quantitative estimate of drug-likeness (QED) is 0.792. The number of halogens is 1. The smallest absolute Gasteiger partial charge is 0.152 e. The number of rotatable bonds is 5. The van der Waals surface area contributed by atoms with E-state index in [-0.39, 0.29) is 5.82 Å². The summed E-state index contributed by atoms with van der Waals surface area (Å²) < 4.78 is 19.8. The maximum atomic E-state index is 13.5. The number of nitrogens with zero attached hydrogens (tertiary/aromatic N) is 5. The minimum Gasteiger partial charge on any atom is -0.361 e. The van der Waals surface area contributed by atoms with Crippen LogP contribution in [0.1, 0.15) is 35.1 Å². The number of ether oxygens (including phenoxy) is 1. The van der Waals surface area contributed by atoms with Gasteiger partial charge >= 0.3 is 0 Å². The monoisotopic (exact) mass is 377 g/mol. The molecule has 0 radical (unpaired) electrons. The fourth-order valence-electron chi connectivity index (χ4n) is 3.87. The Balaban J connectivity index is 1.61. The van der Waals surface area contributed by atoms with Crippen molar-refractivity contribution in [3.8, 4) is 6.07 Å². The molecule has 0 amide bonds. The molecule has 2 aliphatic rings. The molecule has 2 aromatic carbocycles. The number of fused-ring (bicyclic) bond motifs is 1. The highest BCUT2D eigenvalue weighted by Gasteiger charge is 2.41. The normalized spacial score (nSPS) is 20.0. The molecule has 7 heteroatoms. The van der Waals surface area contributed by atoms with Gasteiger partial charge in [0.15, 0.2) is 5.84 Å². The maximum absolute atomic E-state index is 13.5. The Kier molecular flexibility index (Phi) is 4.88. The number of amidine groups is 1. The van der Waals surface area contributed by atoms with Crippen LogP contribution in [0.5, 0.6) is 0 Å². The molecular formula is C21H20FN5O. The predicted molar refractivity (Wildman–Crippen MR) is 102 cm³/mol. The standard InChI is InChI=1S/C21H20FN5O/c1-27(20-13-24-26-25-20)10-2-9-21(17-4-6-18(22)7-5-17)19-8-3-15(12-23)11-16(19)14-28-21/h3-8,11H,2,9-10,13-14H2,1H3. The second-order valence-electron chi connectivity index (χ2n) is 7.04. The fourth-order valence-corrected chi connectivity index (χ4v) is 3.87. The Morgan fingerprint density at radius 1 is 1.25 bits per heavy atom. The van der Waals surface area contributed by atoms with Crippen LogP contribution in [0.4, 0.5) is 4.39 Å². The number of hydrogen-bond acceptors (Lipinski definition) is 6. The van der Waals surface area contributed by atoms with E-state index in [9.17, 15) is 9.65 Å². The van der Waals surface area contributed by atoms with Crippen molar-refractivity contribution in [2.75, 3.05) is 20.1 Å². The lowest BCUT2D eigenvalue weighted by molar-refractivity contribution is -0.0136. The summed E-state index contributed by atoms with van der Waals surface area (Å²) >= 11 is 0. The first kappa shape index (κ1) is 18.3. The summed E-state index contributed by atoms with van der Waals surface area (Å²) in [5.41, 5.74) is 2.94. The molecule has 4 rings (SSSR count). The third-order valence-corrected chi connectivity index (χ3v) is 5.35. The fraction of sp³-hybridized carbons (Fsp3) is 0.333. The average molecular weight is 377 g/mol. The summed E-state index contributed by atoms with van der Waals surface area (Å²) in [7, 11) is 1.97. The summed E-state index contributed by atoms with van der Waals surface area (Å²) in [6, 6.07) is 14.3. The Labute approximate surface area is 163 Å². The lowest BCUT2D eigenvalue weighted by Gasteiger charge is -2.31. The minimum absolute atomic E-state index is 0.275. The molecule has 2 aliphatic heterocycles. The lowest BCUT2D eigenvalue weighted by Crippen LogP contribution is -2.32. The molecule has 0 bridgehead atoms. The van der Waals surface area contributed by atoms with Gasteiger partial charge in [-0.15, -0.1) is 5.10 Å². The summed E-state index contributed by atoms with van der Waals surface area (Å²) in [6.07, 6.45) is 1.57. The first-order valence-electron chi connectivity index (χ1n) is 9.20. The molecule has 0 fully saturated rings. The zero-order valence-corrected chi connectivity index (χ0v) is 15.6. The molecule has 28 heavy (non-hydrogen) atoms. The van der Waals surface area contributed by atoms with Crippen LogP contribution in [-0.4, -0.2) is 30.9 Å². The van der Waals surface area contributed by atoms with Gasteiger partial charge in [-0.05, 0) is 59.0 Å². The van der Waals surface area contributed by atoms with Crippen molar-refractivity contribution in [3.63, 3.8) is 0 Å². The highest BCUT2D eigenvalue weighted by molar-refractivity contribution is 5.84. The third kappa shape index (κ3) is 3.27. The van der Waals surface area contributed by atoms with Crippen LogP contribution >= 0.6 is 0 Å². The van der Waals surface area contributed by atoms with E-state index >= 15 is 0 Å². The lowest BCUT2D eigenvalue weighted by atomic mass is 9.81. The molecule has 2 aromatic rings. The number of likely N-dealkylation sites (N-methyl/N-ethyl adjacent to an activating group) is 1. The van der Waals surface area contributed by atoms with Crippen LogP contribution in [0.25, 0.3) is 0 Å². The van der Waals surface area contributed by atoms with Gasteiger partial charge in [0.25, 0.3) is 0 Å². The van der Waals surface area contributed by atoms with E-state index in [1.54, 1.807) is 12.1 Å². The first-order chi connectivity index (χ1) is 13.6. The topological polar surface area (TPSA) is 73.3 Å². The van der Waals surface area contributed by atoms with E-state index in [0.717, 1.165) is 41.9 Å². The Hall–Kier alpha value is -3.11. The summed E-state index contributed by atoms with van der Waals surface area (Å²) in [5.74, 6) is 0.575. The van der Waals surface area contributed by atoms with E-state index in [1.165, 1.54) is 12.1 Å². The molecule has 1 unspecified atom stereocenters. The molecule has 142 valence electrons. The summed E-state index contributed by atoms with van der Waals surface area (Å²) in [5, 5.41) is 20.8. The minimum atomic E-state index is -0.649. The van der Waals surface area contributed by atoms with Crippen LogP contribution in [0, 0.1) is 17.1 Å². The van der Waals surface area contributed by atoms with Crippen molar-refractivity contribution < 1.29 is 9.13 Å². The van der Waals surface area contributed by atoms with Gasteiger partial charge in [0.2, 0.25) is 0 Å². The van der Waals surface area contributed by atoms with Crippen molar-refractivity contribution in [2.45, 2.75) is 25.0 Å². The van der Waals surface area contributed by atoms with Crippen molar-refractivity contribution in [1.82, 2.24) is 4.90 Å². The van der Waals surface area contributed by atoms with Gasteiger partial charge in [-0.1, -0.05) is 18.2 Å². The molecule has 2 heterocycles. The number of nitriles is 1. The van der Waals surface area contributed by atoms with Crippen molar-refractivity contribution >= 4 is 5.84 Å². The molecule has 6 nitrogen and oxygen atoms in total. The summed E-state index contributed by atoms with van der Waals surface area (Å²) in [4.78, 5) is 2.05. The van der Waals surface area contributed by atoms with Gasteiger partial charge in [-0.2, -0.15) is 10.4 Å². The number of benzene rings is 2. The zero-order chi connectivity index (χ0) is 19.6. The first-order valence-corrected chi connectivity index (χ1v) is 9.20. The maximum Gasteiger partial charge on any atom is 0.152 e. The van der Waals surface area contributed by atoms with Crippen LogP contribution in [0.15, 0.2) is 57.9 Å². The largest absolute Gasteiger partial charge is 0.361 e. The Bertz CT molecular complexity index is 979. The van der Waals surface area contributed by atoms with E-state index < -0.39 is 5.60 Å². The van der Waals surface area contributed by atoms with E-state index in [0.29, 0.717) is 18.7 Å². The van der Waals surface area contributed by atoms with Crippen LogP contribution in [0.3, 0.4) is 0 Å². The Morgan fingerprint density at radius 2 is 2.07 bits per heavy atom. The molecule has 1 atom stereocenters. The van der Waals surface area contributed by atoms with Gasteiger partial charge in [-0.3, -0.25) is 0 Å². The van der Waals surface area contributed by atoms with Crippen LogP contribution in [-0.2, 0) is 16.9 Å². The van der Waals surface area contributed by atoms with Gasteiger partial charge < -0.3 is 9.64 Å². The van der Waals surface area contributed by atoms with Gasteiger partial charge in [0.05, 0.1) is 18.2 Å². The van der Waals surface area contributed by atoms with E-state index in [2.05, 4.69) is 21.5 Å². The Morgan fingerprint density at radius 3 is 2.79 bits per heavy atom. The molecule has 0 aliphatic carbocycles. The second kappa shape index (κ2) is 7.49. The molecule has 0 spiro atoms. The molecule has 0 saturated heterocycles. The third-order valence-electron chi connectivity index (χ3n) is 5.35. The average Bonchev–Trinajstić information content (AvgIpc) is 3.37. The molecule has 0 aromatic heterocycles. The zero-order valence-electron chi connectivity index (χ0n) is 15.6. The van der Waals surface area contributed by atoms with E-state index in [4.69, 9.17) is 4.74 Å². The molecule has 0 saturated carbocycles. The van der Waals surface area contributed by atoms with Crippen molar-refractivity contribution in [2.24, 2.45) is 15.4 Å². The van der Waals surface area contributed by atoms with Gasteiger partial charge in [0, 0.05) is 13.6 Å². The molecular weight excluding hydrogens is 357 g/mol. The van der Waals surface area contributed by atoms with E-state index in [1.807, 2.05) is 30.1 Å². The highest BCUT2D eigenvalue weighted by atomic mass is 19.1. The van der Waals surface area contributed by atoms with Crippen molar-refractivity contribution in [1.29, 1.82) is 5.26 Å². The SMILES string of the molecule is CN(CCCC1(c2ccc(F)cc2)OCc2cc(C#N)ccc21)C1=NN=NC1. The molecule has 0 N–H and O–H groups in total.